The lowest BCUT2D eigenvalue weighted by molar-refractivity contribution is -0.107. The number of carbonyl (C=O) groups is 2. The van der Waals surface area contributed by atoms with Crippen molar-refractivity contribution in [2.45, 2.75) is 3.79 Å². The lowest BCUT2D eigenvalue weighted by Crippen LogP contribution is -2.10. The SMILES string of the molecule is NC(=O)c1cccnc1.O=CC(Cl)(Cl)Cl. The third-order valence-electron chi connectivity index (χ3n) is 1.08. The first-order chi connectivity index (χ1) is 6.87. The van der Waals surface area contributed by atoms with E-state index in [1.807, 2.05) is 0 Å². The maximum atomic E-state index is 10.4. The van der Waals surface area contributed by atoms with Gasteiger partial charge in [-0.2, -0.15) is 0 Å². The van der Waals surface area contributed by atoms with Crippen molar-refractivity contribution in [3.8, 4) is 0 Å². The Labute approximate surface area is 101 Å². The van der Waals surface area contributed by atoms with E-state index in [2.05, 4.69) is 4.98 Å². The van der Waals surface area contributed by atoms with Crippen molar-refractivity contribution in [1.29, 1.82) is 0 Å². The van der Waals surface area contributed by atoms with Gasteiger partial charge in [0.25, 0.3) is 0 Å². The third kappa shape index (κ3) is 8.17. The molecule has 1 rings (SSSR count). The van der Waals surface area contributed by atoms with Gasteiger partial charge in [-0.25, -0.2) is 0 Å². The molecule has 0 saturated heterocycles. The van der Waals surface area contributed by atoms with Crippen LogP contribution in [0.15, 0.2) is 24.5 Å². The summed E-state index contributed by atoms with van der Waals surface area (Å²) < 4.78 is -1.72. The molecule has 2 N–H and O–H groups in total. The van der Waals surface area contributed by atoms with Crippen LogP contribution in [0.1, 0.15) is 10.4 Å². The van der Waals surface area contributed by atoms with Gasteiger partial charge in [-0.15, -0.1) is 0 Å². The van der Waals surface area contributed by atoms with Crippen LogP contribution in [0.4, 0.5) is 0 Å². The highest BCUT2D eigenvalue weighted by atomic mass is 35.6. The molecular weight excluding hydrogens is 262 g/mol. The van der Waals surface area contributed by atoms with Gasteiger partial charge in [-0.05, 0) is 12.1 Å². The molecule has 1 aromatic rings. The van der Waals surface area contributed by atoms with Crippen LogP contribution in [0.25, 0.3) is 0 Å². The van der Waals surface area contributed by atoms with Crippen molar-refractivity contribution in [1.82, 2.24) is 4.98 Å². The predicted molar refractivity (Wildman–Crippen MR) is 59.1 cm³/mol. The van der Waals surface area contributed by atoms with Crippen molar-refractivity contribution >= 4 is 47.0 Å². The minimum absolute atomic E-state index is 0.234. The number of primary amides is 1. The monoisotopic (exact) mass is 268 g/mol. The lowest BCUT2D eigenvalue weighted by atomic mass is 10.3. The number of alkyl halides is 3. The summed E-state index contributed by atoms with van der Waals surface area (Å²) in [5.41, 5.74) is 5.38. The molecule has 0 unspecified atom stereocenters. The first-order valence-corrected chi connectivity index (χ1v) is 4.73. The van der Waals surface area contributed by atoms with Crippen LogP contribution in [0.5, 0.6) is 0 Å². The largest absolute Gasteiger partial charge is 0.366 e. The molecule has 0 aliphatic heterocycles. The Balaban J connectivity index is 0.000000288. The van der Waals surface area contributed by atoms with E-state index in [1.165, 1.54) is 6.20 Å². The zero-order valence-electron chi connectivity index (χ0n) is 7.36. The Hall–Kier alpha value is -0.840. The lowest BCUT2D eigenvalue weighted by Gasteiger charge is -1.93. The van der Waals surface area contributed by atoms with E-state index in [9.17, 15) is 9.59 Å². The number of pyridine rings is 1. The first kappa shape index (κ1) is 14.2. The molecule has 0 aliphatic carbocycles. The van der Waals surface area contributed by atoms with Crippen LogP contribution in [0.3, 0.4) is 0 Å². The summed E-state index contributed by atoms with van der Waals surface area (Å²) in [5, 5.41) is 0. The van der Waals surface area contributed by atoms with Gasteiger partial charge in [0.05, 0.1) is 5.56 Å². The molecule has 0 atom stereocenters. The normalized spacial score (nSPS) is 9.80. The number of rotatable bonds is 1. The highest BCUT2D eigenvalue weighted by Crippen LogP contribution is 2.21. The number of halogens is 3. The number of hydrogen-bond donors (Lipinski definition) is 1. The molecule has 4 nitrogen and oxygen atoms in total. The Bertz CT molecular complexity index is 324. The number of nitrogens with zero attached hydrogens (tertiary/aromatic N) is 1. The fraction of sp³-hybridized carbons (Fsp3) is 0.125. The van der Waals surface area contributed by atoms with Gasteiger partial charge in [-0.3, -0.25) is 14.6 Å². The molecule has 1 heterocycles. The summed E-state index contributed by atoms with van der Waals surface area (Å²) in [7, 11) is 0. The molecule has 82 valence electrons. The van der Waals surface area contributed by atoms with Gasteiger partial charge in [0.1, 0.15) is 0 Å². The Morgan fingerprint density at radius 3 is 2.20 bits per heavy atom. The summed E-state index contributed by atoms with van der Waals surface area (Å²) in [4.78, 5) is 23.5. The zero-order valence-corrected chi connectivity index (χ0v) is 9.63. The second-order valence-corrected chi connectivity index (χ2v) is 4.63. The van der Waals surface area contributed by atoms with Crippen molar-refractivity contribution in [3.63, 3.8) is 0 Å². The number of hydrogen-bond acceptors (Lipinski definition) is 3. The van der Waals surface area contributed by atoms with Crippen LogP contribution in [0, 0.1) is 0 Å². The summed E-state index contributed by atoms with van der Waals surface area (Å²) in [5.74, 6) is -0.442. The number of aldehydes is 1. The molecule has 0 aromatic carbocycles. The summed E-state index contributed by atoms with van der Waals surface area (Å²) in [6.45, 7) is 0. The molecule has 0 saturated carbocycles. The van der Waals surface area contributed by atoms with E-state index in [0.29, 0.717) is 5.56 Å². The molecule has 1 aromatic heterocycles. The van der Waals surface area contributed by atoms with Gasteiger partial charge in [-0.1, -0.05) is 34.8 Å². The van der Waals surface area contributed by atoms with E-state index in [0.717, 1.165) is 0 Å². The number of aromatic nitrogens is 1. The zero-order chi connectivity index (χ0) is 11.9. The van der Waals surface area contributed by atoms with Gasteiger partial charge in [0, 0.05) is 12.4 Å². The first-order valence-electron chi connectivity index (χ1n) is 3.59. The Kier molecular flexibility index (Phi) is 6.24. The van der Waals surface area contributed by atoms with Crippen molar-refractivity contribution in [2.75, 3.05) is 0 Å². The fourth-order valence-corrected chi connectivity index (χ4v) is 0.509. The summed E-state index contributed by atoms with van der Waals surface area (Å²) in [6.07, 6.45) is 3.26. The summed E-state index contributed by atoms with van der Waals surface area (Å²) >= 11 is 14.6. The third-order valence-corrected chi connectivity index (χ3v) is 1.35. The summed E-state index contributed by atoms with van der Waals surface area (Å²) in [6, 6.07) is 3.29. The van der Waals surface area contributed by atoms with Gasteiger partial charge >= 0.3 is 0 Å². The smallest absolute Gasteiger partial charge is 0.250 e. The number of carbonyl (C=O) groups excluding carboxylic acids is 2. The second-order valence-electron chi connectivity index (χ2n) is 2.27. The second kappa shape index (κ2) is 6.61. The van der Waals surface area contributed by atoms with Crippen LogP contribution in [-0.4, -0.2) is 21.0 Å². The molecule has 0 bridgehead atoms. The number of amides is 1. The molecule has 0 spiro atoms. The predicted octanol–water partition coefficient (Wildman–Crippen LogP) is 1.74. The topological polar surface area (TPSA) is 73.1 Å². The Morgan fingerprint density at radius 1 is 1.47 bits per heavy atom. The van der Waals surface area contributed by atoms with Gasteiger partial charge in [0.15, 0.2) is 6.29 Å². The van der Waals surface area contributed by atoms with E-state index in [1.54, 1.807) is 18.3 Å². The Morgan fingerprint density at radius 2 is 2.00 bits per heavy atom. The number of nitrogens with two attached hydrogens (primary N) is 1. The molecule has 0 fully saturated rings. The molecule has 0 aliphatic rings. The molecular formula is C8H7Cl3N2O2. The fourth-order valence-electron chi connectivity index (χ4n) is 0.509. The van der Waals surface area contributed by atoms with Crippen molar-refractivity contribution in [3.05, 3.63) is 30.1 Å². The maximum absolute atomic E-state index is 10.4. The van der Waals surface area contributed by atoms with Gasteiger partial charge < -0.3 is 5.73 Å². The van der Waals surface area contributed by atoms with E-state index in [4.69, 9.17) is 40.5 Å². The standard InChI is InChI=1S/C6H6N2O.C2HCl3O/c7-6(9)5-2-1-3-8-4-5;3-2(4,5)1-6/h1-4H,(H2,7,9);1H. The van der Waals surface area contributed by atoms with Crippen LogP contribution < -0.4 is 5.73 Å². The van der Waals surface area contributed by atoms with E-state index >= 15 is 0 Å². The minimum Gasteiger partial charge on any atom is -0.366 e. The van der Waals surface area contributed by atoms with Crippen molar-refractivity contribution < 1.29 is 9.59 Å². The van der Waals surface area contributed by atoms with Crippen LogP contribution >= 0.6 is 34.8 Å². The van der Waals surface area contributed by atoms with Gasteiger partial charge in [0.2, 0.25) is 9.70 Å². The van der Waals surface area contributed by atoms with E-state index in [-0.39, 0.29) is 6.29 Å². The van der Waals surface area contributed by atoms with Crippen molar-refractivity contribution in [2.24, 2.45) is 5.73 Å². The molecule has 15 heavy (non-hydrogen) atoms. The van der Waals surface area contributed by atoms with E-state index < -0.39 is 9.70 Å². The quantitative estimate of drug-likeness (QED) is 0.623. The van der Waals surface area contributed by atoms with Crippen LogP contribution in [0.2, 0.25) is 0 Å². The average Bonchev–Trinajstić information content (AvgIpc) is 2.19. The van der Waals surface area contributed by atoms with Crippen LogP contribution in [-0.2, 0) is 4.79 Å². The highest BCUT2D eigenvalue weighted by molar-refractivity contribution is 6.74. The average molecular weight is 270 g/mol. The molecule has 0 radical (unpaired) electrons. The minimum atomic E-state index is -1.72. The highest BCUT2D eigenvalue weighted by Gasteiger charge is 2.16. The molecule has 1 amide bonds. The maximum Gasteiger partial charge on any atom is 0.250 e. The molecule has 7 heteroatoms.